The van der Waals surface area contributed by atoms with Crippen LogP contribution in [0.5, 0.6) is 0 Å². The van der Waals surface area contributed by atoms with Gasteiger partial charge >= 0.3 is 37.7 Å². The molecule has 2 aromatic carbocycles. The molecule has 0 aliphatic heterocycles. The predicted octanol–water partition coefficient (Wildman–Crippen LogP) is 3.81. The van der Waals surface area contributed by atoms with E-state index in [9.17, 15) is 0 Å². The van der Waals surface area contributed by atoms with Crippen molar-refractivity contribution in [2.75, 3.05) is 0 Å². The van der Waals surface area contributed by atoms with E-state index in [1.807, 2.05) is 0 Å². The maximum atomic E-state index is 6.77. The van der Waals surface area contributed by atoms with E-state index in [4.69, 9.17) is 16.5 Å². The zero-order valence-electron chi connectivity index (χ0n) is 40.2. The van der Waals surface area contributed by atoms with Crippen LogP contribution in [0.1, 0.15) is 108 Å². The predicted molar refractivity (Wildman–Crippen MR) is 255 cm³/mol. The SMILES string of the molecule is CC[Si]O[Si](CC)(CC)c1cc2c(cc1[Si](CC)(CC)O[Si]CC)CC=C2.CC[Si]O[Si](CC)(CC)c1cc2c(cc1[Si](CC)(CC)O[Si]CC)CC=C2.[H-].[H-].[Li+].[Li+]. The summed E-state index contributed by atoms with van der Waals surface area (Å²) in [4.78, 5) is 0. The third-order valence-corrected chi connectivity index (χ3v) is 36.9. The average molecular weight is 882 g/mol. The van der Waals surface area contributed by atoms with Gasteiger partial charge in [0.25, 0.3) is 0 Å². The minimum Gasteiger partial charge on any atom is -1.00 e. The van der Waals surface area contributed by atoms with Crippen molar-refractivity contribution < 1.29 is 57.0 Å². The van der Waals surface area contributed by atoms with Gasteiger partial charge in [0.15, 0.2) is 0 Å². The third-order valence-electron chi connectivity index (χ3n) is 12.0. The smallest absolute Gasteiger partial charge is 1.00 e. The van der Waals surface area contributed by atoms with E-state index in [1.165, 1.54) is 22.3 Å². The Kier molecular flexibility index (Phi) is 26.3. The van der Waals surface area contributed by atoms with Crippen LogP contribution in [-0.4, -0.2) is 72.3 Å². The van der Waals surface area contributed by atoms with Crippen LogP contribution in [0.4, 0.5) is 0 Å². The minimum absolute atomic E-state index is 0. The molecule has 0 aromatic heterocycles. The first kappa shape index (κ1) is 54.7. The molecule has 0 N–H and O–H groups in total. The van der Waals surface area contributed by atoms with Gasteiger partial charge in [-0.05, 0) is 128 Å². The molecule has 0 amide bonds. The van der Waals surface area contributed by atoms with Crippen LogP contribution in [0.2, 0.25) is 72.5 Å². The van der Waals surface area contributed by atoms with Crippen LogP contribution >= 0.6 is 0 Å². The average Bonchev–Trinajstić information content (AvgIpc) is 3.89. The summed E-state index contributed by atoms with van der Waals surface area (Å²) in [6.45, 7) is 27.7. The van der Waals surface area contributed by atoms with Crippen molar-refractivity contribution in [3.05, 3.63) is 58.7 Å². The Morgan fingerprint density at radius 2 is 0.643 bits per heavy atom. The number of fused-ring (bicyclic) bond motifs is 2. The molecule has 4 nitrogen and oxygen atoms in total. The van der Waals surface area contributed by atoms with Crippen molar-refractivity contribution >= 4 is 105 Å². The summed E-state index contributed by atoms with van der Waals surface area (Å²) in [5.41, 5.74) is 5.82. The minimum atomic E-state index is -1.97. The quantitative estimate of drug-likeness (QED) is 0.151. The molecule has 2 aliphatic rings. The molecular weight excluding hydrogens is 807 g/mol. The van der Waals surface area contributed by atoms with Gasteiger partial charge in [-0.25, -0.2) is 0 Å². The molecular formula is C42H74Li2O4Si8. The molecule has 8 radical (unpaired) electrons. The van der Waals surface area contributed by atoms with Crippen molar-refractivity contribution in [3.63, 3.8) is 0 Å². The molecule has 14 heteroatoms. The summed E-state index contributed by atoms with van der Waals surface area (Å²) in [7, 11) is -5.40. The van der Waals surface area contributed by atoms with Gasteiger partial charge in [0, 0.05) is 0 Å². The number of benzene rings is 2. The van der Waals surface area contributed by atoms with Crippen LogP contribution in [0, 0.1) is 0 Å². The zero-order valence-corrected chi connectivity index (χ0v) is 46.2. The van der Waals surface area contributed by atoms with E-state index >= 15 is 0 Å². The van der Waals surface area contributed by atoms with Gasteiger partial charge < -0.3 is 19.3 Å². The molecule has 0 atom stereocenters. The maximum absolute atomic E-state index is 6.77. The fourth-order valence-electron chi connectivity index (χ4n) is 8.28. The molecule has 0 saturated carbocycles. The largest absolute Gasteiger partial charge is 1.00 e. The number of hydrogen-bond acceptors (Lipinski definition) is 4. The van der Waals surface area contributed by atoms with Crippen LogP contribution in [-0.2, 0) is 29.3 Å². The topological polar surface area (TPSA) is 36.9 Å². The summed E-state index contributed by atoms with van der Waals surface area (Å²) < 4.78 is 27.1. The fourth-order valence-corrected chi connectivity index (χ4v) is 33.1. The molecule has 2 aliphatic carbocycles. The van der Waals surface area contributed by atoms with Gasteiger partial charge in [-0.15, -0.1) is 0 Å². The second-order valence-electron chi connectivity index (χ2n) is 14.6. The van der Waals surface area contributed by atoms with Gasteiger partial charge in [-0.1, -0.05) is 132 Å². The van der Waals surface area contributed by atoms with Crippen molar-refractivity contribution in [1.29, 1.82) is 0 Å². The van der Waals surface area contributed by atoms with Crippen LogP contribution in [0.25, 0.3) is 12.2 Å². The number of rotatable bonds is 24. The van der Waals surface area contributed by atoms with E-state index in [2.05, 4.69) is 132 Å². The van der Waals surface area contributed by atoms with Crippen molar-refractivity contribution in [1.82, 2.24) is 0 Å². The number of hydrogen-bond donors (Lipinski definition) is 0. The Labute approximate surface area is 386 Å². The van der Waals surface area contributed by atoms with Crippen LogP contribution < -0.4 is 58.5 Å². The monoisotopic (exact) mass is 880 g/mol. The fraction of sp³-hybridized carbons (Fsp3) is 0.619. The Balaban J connectivity index is 0. The third kappa shape index (κ3) is 12.4. The van der Waals surface area contributed by atoms with Gasteiger partial charge in [-0.3, -0.25) is 0 Å². The first-order valence-corrected chi connectivity index (χ1v) is 35.2. The van der Waals surface area contributed by atoms with Gasteiger partial charge in [0.05, 0.1) is 0 Å². The van der Waals surface area contributed by atoms with Gasteiger partial charge in [0.2, 0.25) is 72.3 Å². The van der Waals surface area contributed by atoms with E-state index in [-0.39, 0.29) is 40.6 Å². The summed E-state index contributed by atoms with van der Waals surface area (Å²) in [6, 6.07) is 23.8. The molecule has 4 rings (SSSR count). The van der Waals surface area contributed by atoms with E-state index in [1.54, 1.807) is 20.7 Å². The summed E-state index contributed by atoms with van der Waals surface area (Å²) in [6.07, 6.45) is 11.4. The maximum Gasteiger partial charge on any atom is 1.00 e. The molecule has 0 spiro atoms. The zero-order chi connectivity index (χ0) is 39.8. The van der Waals surface area contributed by atoms with Crippen molar-refractivity contribution in [2.24, 2.45) is 0 Å². The molecule has 300 valence electrons. The molecule has 0 heterocycles. The van der Waals surface area contributed by atoms with Gasteiger partial charge in [-0.2, -0.15) is 0 Å². The number of allylic oxidation sites excluding steroid dienone is 2. The van der Waals surface area contributed by atoms with E-state index in [0.717, 1.165) is 85.4 Å². The Morgan fingerprint density at radius 1 is 0.411 bits per heavy atom. The molecule has 0 unspecified atom stereocenters. The van der Waals surface area contributed by atoms with E-state index < -0.39 is 33.3 Å². The normalized spacial score (nSPS) is 13.5. The second kappa shape index (κ2) is 26.9. The van der Waals surface area contributed by atoms with E-state index in [0.29, 0.717) is 39.1 Å². The van der Waals surface area contributed by atoms with Crippen LogP contribution in [0.3, 0.4) is 0 Å². The van der Waals surface area contributed by atoms with Gasteiger partial charge in [0.1, 0.15) is 0 Å². The second-order valence-corrected chi connectivity index (χ2v) is 37.6. The standard InChI is InChI=1S/2C21H36O2Si4.2Li.2H/c2*1-7-24-22-26(9-3,10-4)20-16-18-14-13-15-19(18)17-21(20)27(11-5,12-6)23-25-8-2;;;;/h2*13-14,16-17H,7-12,15H2,1-6H3;;;;/q;;2*+1;2*-1. The van der Waals surface area contributed by atoms with Crippen LogP contribution in [0.15, 0.2) is 36.4 Å². The van der Waals surface area contributed by atoms with Crippen molar-refractivity contribution in [3.8, 4) is 0 Å². The summed E-state index contributed by atoms with van der Waals surface area (Å²) in [5, 5.41) is 6.28. The first-order chi connectivity index (χ1) is 26.1. The Morgan fingerprint density at radius 3 is 0.857 bits per heavy atom. The summed E-state index contributed by atoms with van der Waals surface area (Å²) in [5.74, 6) is 0. The molecule has 56 heavy (non-hydrogen) atoms. The summed E-state index contributed by atoms with van der Waals surface area (Å²) >= 11 is 0. The molecule has 0 saturated heterocycles. The Bertz CT molecular complexity index is 1410. The van der Waals surface area contributed by atoms with Crippen molar-refractivity contribution in [2.45, 2.75) is 168 Å². The molecule has 2 aromatic rings. The molecule has 0 fully saturated rings. The first-order valence-electron chi connectivity index (χ1n) is 21.4. The Hall–Kier alpha value is 0.690. The molecule has 0 bridgehead atoms.